The van der Waals surface area contributed by atoms with Gasteiger partial charge in [0.2, 0.25) is 0 Å². The van der Waals surface area contributed by atoms with Gasteiger partial charge in [-0.25, -0.2) is 0 Å². The smallest absolute Gasteiger partial charge is 0.0729 e. The van der Waals surface area contributed by atoms with Gasteiger partial charge in [-0.05, 0) is 22.4 Å². The Morgan fingerprint density at radius 3 is 3.06 bits per heavy atom. The van der Waals surface area contributed by atoms with E-state index in [9.17, 15) is 0 Å². The van der Waals surface area contributed by atoms with Crippen molar-refractivity contribution in [3.8, 4) is 0 Å². The first-order chi connectivity index (χ1) is 8.33. The molecule has 0 saturated heterocycles. The van der Waals surface area contributed by atoms with Gasteiger partial charge in [0.25, 0.3) is 0 Å². The maximum Gasteiger partial charge on any atom is 0.0729 e. The second-order valence-corrected chi connectivity index (χ2v) is 4.92. The molecule has 0 atom stereocenters. The van der Waals surface area contributed by atoms with E-state index in [2.05, 4.69) is 40.1 Å². The van der Waals surface area contributed by atoms with E-state index < -0.39 is 0 Å². The normalized spacial score (nSPS) is 10.9. The average Bonchev–Trinajstić information content (AvgIpc) is 2.93. The van der Waals surface area contributed by atoms with Crippen LogP contribution in [-0.2, 0) is 13.6 Å². The minimum Gasteiger partial charge on any atom is -0.378 e. The number of hydrogen-bond donors (Lipinski definition) is 1. The van der Waals surface area contributed by atoms with Crippen LogP contribution in [-0.4, -0.2) is 9.78 Å². The Bertz CT molecular complexity index is 639. The highest BCUT2D eigenvalue weighted by Gasteiger charge is 2.03. The van der Waals surface area contributed by atoms with E-state index in [0.717, 1.165) is 12.2 Å². The van der Waals surface area contributed by atoms with Crippen molar-refractivity contribution in [3.05, 3.63) is 47.6 Å². The van der Waals surface area contributed by atoms with Crippen molar-refractivity contribution in [2.75, 3.05) is 5.32 Å². The largest absolute Gasteiger partial charge is 0.378 e. The molecule has 0 unspecified atom stereocenters. The van der Waals surface area contributed by atoms with Crippen molar-refractivity contribution >= 4 is 27.1 Å². The van der Waals surface area contributed by atoms with Gasteiger partial charge in [0.1, 0.15) is 0 Å². The summed E-state index contributed by atoms with van der Waals surface area (Å²) in [5.41, 5.74) is 2.40. The van der Waals surface area contributed by atoms with Gasteiger partial charge in [-0.15, -0.1) is 11.3 Å². The predicted octanol–water partition coefficient (Wildman–Crippen LogP) is 3.25. The molecule has 0 bridgehead atoms. The zero-order chi connectivity index (χ0) is 11.7. The highest BCUT2D eigenvalue weighted by Crippen LogP contribution is 2.26. The number of fused-ring (bicyclic) bond motifs is 1. The van der Waals surface area contributed by atoms with Gasteiger partial charge in [-0.3, -0.25) is 4.68 Å². The lowest BCUT2D eigenvalue weighted by Crippen LogP contribution is -1.97. The molecule has 86 valence electrons. The molecule has 3 nitrogen and oxygen atoms in total. The van der Waals surface area contributed by atoms with Crippen LogP contribution in [0.2, 0.25) is 0 Å². The molecule has 1 N–H and O–H groups in total. The molecule has 2 aromatic heterocycles. The lowest BCUT2D eigenvalue weighted by Gasteiger charge is -2.01. The number of hydrogen-bond acceptors (Lipinski definition) is 3. The van der Waals surface area contributed by atoms with Gasteiger partial charge in [-0.1, -0.05) is 18.2 Å². The Balaban J connectivity index is 1.81. The Kier molecular flexibility index (Phi) is 2.57. The zero-order valence-electron chi connectivity index (χ0n) is 9.55. The first-order valence-electron chi connectivity index (χ1n) is 5.50. The minimum atomic E-state index is 0.843. The van der Waals surface area contributed by atoms with Crippen molar-refractivity contribution in [2.24, 2.45) is 7.05 Å². The highest BCUT2D eigenvalue weighted by molar-refractivity contribution is 7.17. The highest BCUT2D eigenvalue weighted by atomic mass is 32.1. The Labute approximate surface area is 104 Å². The molecule has 0 amide bonds. The summed E-state index contributed by atoms with van der Waals surface area (Å²) in [6.07, 6.45) is 3.82. The monoisotopic (exact) mass is 243 g/mol. The van der Waals surface area contributed by atoms with Crippen molar-refractivity contribution in [3.63, 3.8) is 0 Å². The average molecular weight is 243 g/mol. The molecular weight excluding hydrogens is 230 g/mol. The molecular formula is C13H13N3S. The van der Waals surface area contributed by atoms with Crippen molar-refractivity contribution in [1.82, 2.24) is 9.78 Å². The number of aromatic nitrogens is 2. The summed E-state index contributed by atoms with van der Waals surface area (Å²) in [5.74, 6) is 0. The second kappa shape index (κ2) is 4.22. The van der Waals surface area contributed by atoms with Crippen LogP contribution in [0.5, 0.6) is 0 Å². The fraction of sp³-hybridized carbons (Fsp3) is 0.154. The maximum atomic E-state index is 4.14. The van der Waals surface area contributed by atoms with Gasteiger partial charge in [-0.2, -0.15) is 5.10 Å². The summed E-state index contributed by atoms with van der Waals surface area (Å²) < 4.78 is 3.14. The minimum absolute atomic E-state index is 0.843. The van der Waals surface area contributed by atoms with E-state index in [-0.39, 0.29) is 0 Å². The SMILES string of the molecule is Cn1cc(NCc2csc3ccccc23)cn1. The summed E-state index contributed by atoms with van der Waals surface area (Å²) in [7, 11) is 1.92. The summed E-state index contributed by atoms with van der Waals surface area (Å²) in [4.78, 5) is 0. The van der Waals surface area contributed by atoms with E-state index >= 15 is 0 Å². The number of anilines is 1. The van der Waals surface area contributed by atoms with Crippen molar-refractivity contribution < 1.29 is 0 Å². The molecule has 2 heterocycles. The molecule has 0 spiro atoms. The molecule has 4 heteroatoms. The van der Waals surface area contributed by atoms with Crippen LogP contribution in [0.15, 0.2) is 42.0 Å². The van der Waals surface area contributed by atoms with Crippen LogP contribution in [0, 0.1) is 0 Å². The lowest BCUT2D eigenvalue weighted by molar-refractivity contribution is 0.768. The molecule has 1 aromatic carbocycles. The molecule has 0 radical (unpaired) electrons. The second-order valence-electron chi connectivity index (χ2n) is 4.01. The van der Waals surface area contributed by atoms with Crippen LogP contribution in [0.3, 0.4) is 0 Å². The third kappa shape index (κ3) is 2.03. The fourth-order valence-electron chi connectivity index (χ4n) is 1.88. The van der Waals surface area contributed by atoms with E-state index in [1.807, 2.05) is 19.4 Å². The quantitative estimate of drug-likeness (QED) is 0.765. The van der Waals surface area contributed by atoms with E-state index in [1.54, 1.807) is 16.0 Å². The molecule has 0 fully saturated rings. The molecule has 0 aliphatic heterocycles. The van der Waals surface area contributed by atoms with E-state index in [4.69, 9.17) is 0 Å². The van der Waals surface area contributed by atoms with Gasteiger partial charge in [0.05, 0.1) is 11.9 Å². The Hall–Kier alpha value is -1.81. The summed E-state index contributed by atoms with van der Waals surface area (Å²) in [6.45, 7) is 0.843. The molecule has 3 rings (SSSR count). The number of thiophene rings is 1. The van der Waals surface area contributed by atoms with Crippen LogP contribution < -0.4 is 5.32 Å². The molecule has 0 aliphatic rings. The third-order valence-corrected chi connectivity index (χ3v) is 3.76. The number of rotatable bonds is 3. The van der Waals surface area contributed by atoms with Gasteiger partial charge in [0.15, 0.2) is 0 Å². The van der Waals surface area contributed by atoms with Crippen molar-refractivity contribution in [1.29, 1.82) is 0 Å². The number of aryl methyl sites for hydroxylation is 1. The maximum absolute atomic E-state index is 4.14. The Morgan fingerprint density at radius 1 is 1.35 bits per heavy atom. The van der Waals surface area contributed by atoms with Crippen molar-refractivity contribution in [2.45, 2.75) is 6.54 Å². The first-order valence-corrected chi connectivity index (χ1v) is 6.38. The van der Waals surface area contributed by atoms with Gasteiger partial charge < -0.3 is 5.32 Å². The molecule has 0 aliphatic carbocycles. The Morgan fingerprint density at radius 2 is 2.24 bits per heavy atom. The van der Waals surface area contributed by atoms with E-state index in [1.165, 1.54) is 15.6 Å². The number of nitrogens with zero attached hydrogens (tertiary/aromatic N) is 2. The van der Waals surface area contributed by atoms with Crippen LogP contribution >= 0.6 is 11.3 Å². The van der Waals surface area contributed by atoms with Crippen LogP contribution in [0.4, 0.5) is 5.69 Å². The standard InChI is InChI=1S/C13H13N3S/c1-16-8-11(7-15-16)14-6-10-9-17-13-5-3-2-4-12(10)13/h2-5,7-9,14H,6H2,1H3. The molecule has 17 heavy (non-hydrogen) atoms. The zero-order valence-corrected chi connectivity index (χ0v) is 10.4. The summed E-state index contributed by atoms with van der Waals surface area (Å²) in [6, 6.07) is 8.50. The fourth-order valence-corrected chi connectivity index (χ4v) is 2.84. The summed E-state index contributed by atoms with van der Waals surface area (Å²) >= 11 is 1.79. The number of benzene rings is 1. The van der Waals surface area contributed by atoms with Crippen LogP contribution in [0.1, 0.15) is 5.56 Å². The van der Waals surface area contributed by atoms with Gasteiger partial charge >= 0.3 is 0 Å². The molecule has 3 aromatic rings. The number of nitrogens with one attached hydrogen (secondary N) is 1. The van der Waals surface area contributed by atoms with Crippen LogP contribution in [0.25, 0.3) is 10.1 Å². The lowest BCUT2D eigenvalue weighted by atomic mass is 10.2. The third-order valence-electron chi connectivity index (χ3n) is 2.75. The van der Waals surface area contributed by atoms with E-state index in [0.29, 0.717) is 0 Å². The topological polar surface area (TPSA) is 29.9 Å². The molecule has 0 saturated carbocycles. The summed E-state index contributed by atoms with van der Waals surface area (Å²) in [5, 5.41) is 11.1. The first kappa shape index (κ1) is 10.4. The van der Waals surface area contributed by atoms with Gasteiger partial charge in [0, 0.05) is 24.5 Å². The predicted molar refractivity (Wildman–Crippen MR) is 72.4 cm³/mol.